The van der Waals surface area contributed by atoms with Crippen molar-refractivity contribution < 1.29 is 0 Å². The molecule has 104 valence electrons. The largest absolute Gasteiger partial charge is 0.330 e. The van der Waals surface area contributed by atoms with Crippen molar-refractivity contribution >= 4 is 19.3 Å². The highest BCUT2D eigenvalue weighted by Gasteiger charge is 2.10. The zero-order valence-corrected chi connectivity index (χ0v) is 13.3. The lowest BCUT2D eigenvalue weighted by Gasteiger charge is -2.11. The van der Waals surface area contributed by atoms with Gasteiger partial charge in [-0.3, -0.25) is 0 Å². The third-order valence-corrected chi connectivity index (χ3v) is 3.29. The Morgan fingerprint density at radius 3 is 1.29 bits per heavy atom. The number of rotatable bonds is 10. The highest BCUT2D eigenvalue weighted by atomic mass is 32.1. The van der Waals surface area contributed by atoms with Crippen LogP contribution in [-0.4, -0.2) is 19.0 Å². The molecule has 0 heterocycles. The third-order valence-electron chi connectivity index (χ3n) is 3.03. The van der Waals surface area contributed by atoms with Gasteiger partial charge in [-0.15, -0.1) is 0 Å². The summed E-state index contributed by atoms with van der Waals surface area (Å²) in [6.45, 7) is 8.63. The van der Waals surface area contributed by atoms with E-state index in [0.717, 1.165) is 12.5 Å². The Morgan fingerprint density at radius 2 is 1.12 bits per heavy atom. The topological polar surface area (TPSA) is 26.0 Å². The van der Waals surface area contributed by atoms with Crippen LogP contribution in [0.3, 0.4) is 0 Å². The quantitative estimate of drug-likeness (QED) is 0.429. The van der Waals surface area contributed by atoms with Crippen molar-refractivity contribution in [3.63, 3.8) is 0 Å². The molecular weight excluding hydrogens is 225 g/mol. The van der Waals surface area contributed by atoms with Gasteiger partial charge in [-0.2, -0.15) is 12.6 Å². The zero-order chi connectivity index (χ0) is 13.4. The van der Waals surface area contributed by atoms with Crippen LogP contribution in [0.25, 0.3) is 0 Å². The maximum absolute atomic E-state index is 4.95. The van der Waals surface area contributed by atoms with Crippen molar-refractivity contribution in [3.8, 4) is 0 Å². The summed E-state index contributed by atoms with van der Waals surface area (Å²) >= 11 is 3.80. The first kappa shape index (κ1) is 19.7. The Balaban J connectivity index is 0. The van der Waals surface area contributed by atoms with Gasteiger partial charge in [-0.1, -0.05) is 78.3 Å². The van der Waals surface area contributed by atoms with Gasteiger partial charge in [0.15, 0.2) is 0 Å². The minimum absolute atomic E-state index is 0.684. The molecule has 0 aliphatic rings. The first-order valence-corrected chi connectivity index (χ1v) is 8.20. The van der Waals surface area contributed by atoms with Gasteiger partial charge in [0.1, 0.15) is 6.71 Å². The van der Waals surface area contributed by atoms with Gasteiger partial charge in [0.25, 0.3) is 0 Å². The zero-order valence-electron chi connectivity index (χ0n) is 12.4. The number of unbranched alkanes of at least 4 members (excludes halogenated alkanes) is 3. The Hall–Kier alpha value is 0.375. The summed E-state index contributed by atoms with van der Waals surface area (Å²) in [5, 5.41) is 0. The summed E-state index contributed by atoms with van der Waals surface area (Å²) in [5.41, 5.74) is 4.95. The number of thiol groups is 1. The first-order valence-electron chi connectivity index (χ1n) is 7.57. The Kier molecular flexibility index (Phi) is 21.7. The summed E-state index contributed by atoms with van der Waals surface area (Å²) in [7, 11) is 0. The fraction of sp³-hybridized carbons (Fsp3) is 1.00. The summed E-state index contributed by atoms with van der Waals surface area (Å²) in [6.07, 6.45) is 12.9. The van der Waals surface area contributed by atoms with Gasteiger partial charge in [0.2, 0.25) is 0 Å². The summed E-state index contributed by atoms with van der Waals surface area (Å²) < 4.78 is 0. The van der Waals surface area contributed by atoms with Crippen molar-refractivity contribution in [3.05, 3.63) is 0 Å². The van der Waals surface area contributed by atoms with Crippen LogP contribution in [-0.2, 0) is 0 Å². The lowest BCUT2D eigenvalue weighted by molar-refractivity contribution is 0.812. The molecule has 0 saturated heterocycles. The molecule has 0 aromatic carbocycles. The fourth-order valence-corrected chi connectivity index (χ4v) is 1.91. The second kappa shape index (κ2) is 18.7. The lowest BCUT2D eigenvalue weighted by atomic mass is 9.41. The maximum Gasteiger partial charge on any atom is 0.139 e. The van der Waals surface area contributed by atoms with Crippen molar-refractivity contribution in [1.82, 2.24) is 0 Å². The molecule has 0 rings (SSSR count). The molecule has 0 saturated carbocycles. The van der Waals surface area contributed by atoms with E-state index < -0.39 is 0 Å². The molecule has 0 fully saturated rings. The molecule has 0 amide bonds. The van der Waals surface area contributed by atoms with Gasteiger partial charge >= 0.3 is 0 Å². The molecule has 0 aromatic heterocycles. The van der Waals surface area contributed by atoms with Crippen LogP contribution >= 0.6 is 12.6 Å². The van der Waals surface area contributed by atoms with Crippen LogP contribution in [0.2, 0.25) is 19.0 Å². The second-order valence-electron chi connectivity index (χ2n) is 4.80. The highest BCUT2D eigenvalue weighted by Crippen LogP contribution is 2.16. The molecule has 0 unspecified atom stereocenters. The average Bonchev–Trinajstić information content (AvgIpc) is 2.38. The standard InChI is InChI=1S/C12H27B.C2H7NS/c1-4-7-10-13(11-8-5-2)12-9-6-3;3-1-2-4/h4-12H2,1-3H3;4H,1-3H2. The second-order valence-corrected chi connectivity index (χ2v) is 5.25. The number of nitrogens with two attached hydrogens (primary N) is 1. The van der Waals surface area contributed by atoms with Crippen molar-refractivity contribution in [1.29, 1.82) is 0 Å². The minimum Gasteiger partial charge on any atom is -0.330 e. The normalized spacial score (nSPS) is 9.71. The molecule has 0 atom stereocenters. The van der Waals surface area contributed by atoms with Crippen molar-refractivity contribution in [2.75, 3.05) is 12.3 Å². The molecule has 3 heteroatoms. The monoisotopic (exact) mass is 259 g/mol. The van der Waals surface area contributed by atoms with E-state index in [0.29, 0.717) is 6.54 Å². The van der Waals surface area contributed by atoms with Crippen LogP contribution in [0.4, 0.5) is 0 Å². The molecule has 0 aromatic rings. The molecular formula is C14H34BNS. The van der Waals surface area contributed by atoms with E-state index in [1.54, 1.807) is 0 Å². The molecule has 0 aliphatic heterocycles. The SMILES string of the molecule is CCCCB(CCCC)CCCC.NCCS. The number of hydrogen-bond acceptors (Lipinski definition) is 2. The Morgan fingerprint density at radius 1 is 0.824 bits per heavy atom. The predicted molar refractivity (Wildman–Crippen MR) is 87.8 cm³/mol. The fourth-order valence-electron chi connectivity index (χ4n) is 1.91. The van der Waals surface area contributed by atoms with Gasteiger partial charge in [-0.25, -0.2) is 0 Å². The van der Waals surface area contributed by atoms with Gasteiger partial charge in [0.05, 0.1) is 0 Å². The Bertz CT molecular complexity index is 102. The van der Waals surface area contributed by atoms with E-state index in [4.69, 9.17) is 5.73 Å². The van der Waals surface area contributed by atoms with Crippen molar-refractivity contribution in [2.24, 2.45) is 5.73 Å². The van der Waals surface area contributed by atoms with Crippen LogP contribution in [0, 0.1) is 0 Å². The lowest BCUT2D eigenvalue weighted by Crippen LogP contribution is -2.11. The van der Waals surface area contributed by atoms with Gasteiger partial charge < -0.3 is 5.73 Å². The van der Waals surface area contributed by atoms with E-state index in [1.165, 1.54) is 57.5 Å². The molecule has 17 heavy (non-hydrogen) atoms. The molecule has 0 aliphatic carbocycles. The molecule has 0 radical (unpaired) electrons. The van der Waals surface area contributed by atoms with Gasteiger partial charge in [-0.05, 0) is 0 Å². The van der Waals surface area contributed by atoms with E-state index in [9.17, 15) is 0 Å². The smallest absolute Gasteiger partial charge is 0.139 e. The maximum atomic E-state index is 4.95. The Labute approximate surface area is 116 Å². The molecule has 1 nitrogen and oxygen atoms in total. The average molecular weight is 259 g/mol. The first-order chi connectivity index (χ1) is 8.26. The van der Waals surface area contributed by atoms with E-state index in [-0.39, 0.29) is 0 Å². The summed E-state index contributed by atoms with van der Waals surface area (Å²) in [6, 6.07) is 0. The van der Waals surface area contributed by atoms with Crippen LogP contribution in [0.5, 0.6) is 0 Å². The molecule has 0 spiro atoms. The molecule has 2 N–H and O–H groups in total. The van der Waals surface area contributed by atoms with E-state index in [1.807, 2.05) is 0 Å². The van der Waals surface area contributed by atoms with E-state index in [2.05, 4.69) is 33.4 Å². The predicted octanol–water partition coefficient (Wildman–Crippen LogP) is 4.76. The summed E-state index contributed by atoms with van der Waals surface area (Å²) in [5.74, 6) is 0.792. The van der Waals surface area contributed by atoms with Crippen LogP contribution in [0.1, 0.15) is 59.3 Å². The number of hydrogen-bond donors (Lipinski definition) is 2. The minimum atomic E-state index is 0.684. The van der Waals surface area contributed by atoms with Crippen LogP contribution < -0.4 is 5.73 Å². The summed E-state index contributed by atoms with van der Waals surface area (Å²) in [4.78, 5) is 0. The van der Waals surface area contributed by atoms with E-state index >= 15 is 0 Å². The third kappa shape index (κ3) is 18.9. The van der Waals surface area contributed by atoms with Gasteiger partial charge in [0, 0.05) is 12.3 Å². The van der Waals surface area contributed by atoms with Crippen molar-refractivity contribution in [2.45, 2.75) is 78.3 Å². The van der Waals surface area contributed by atoms with Crippen LogP contribution in [0.15, 0.2) is 0 Å². The highest BCUT2D eigenvalue weighted by molar-refractivity contribution is 7.80. The molecule has 0 bridgehead atoms.